The SMILES string of the molecule is CCNc1ccc(S(=O)(=O)N(C)C)cc1NCc1cc2ccccc2nc1Cl. The number of benzene rings is 2. The van der Waals surface area contributed by atoms with E-state index in [2.05, 4.69) is 15.6 Å². The highest BCUT2D eigenvalue weighted by Crippen LogP contribution is 2.28. The number of anilines is 2. The van der Waals surface area contributed by atoms with Crippen molar-refractivity contribution in [3.63, 3.8) is 0 Å². The Kier molecular flexibility index (Phi) is 6.07. The predicted molar refractivity (Wildman–Crippen MR) is 116 cm³/mol. The van der Waals surface area contributed by atoms with Crippen LogP contribution in [-0.2, 0) is 16.6 Å². The van der Waals surface area contributed by atoms with Crippen LogP contribution < -0.4 is 10.6 Å². The Bertz CT molecular complexity index is 1100. The van der Waals surface area contributed by atoms with Gasteiger partial charge in [0, 0.05) is 38.1 Å². The smallest absolute Gasteiger partial charge is 0.242 e. The average Bonchev–Trinajstić information content (AvgIpc) is 2.67. The molecule has 0 unspecified atom stereocenters. The zero-order valence-electron chi connectivity index (χ0n) is 16.0. The number of nitrogens with one attached hydrogen (secondary N) is 2. The summed E-state index contributed by atoms with van der Waals surface area (Å²) in [4.78, 5) is 4.66. The van der Waals surface area contributed by atoms with Gasteiger partial charge in [0.15, 0.2) is 0 Å². The number of halogens is 1. The molecule has 0 saturated heterocycles. The van der Waals surface area contributed by atoms with Crippen molar-refractivity contribution in [1.82, 2.24) is 9.29 Å². The van der Waals surface area contributed by atoms with Gasteiger partial charge in [0.2, 0.25) is 10.0 Å². The maximum atomic E-state index is 12.5. The maximum Gasteiger partial charge on any atom is 0.242 e. The minimum absolute atomic E-state index is 0.226. The Morgan fingerprint density at radius 2 is 1.79 bits per heavy atom. The van der Waals surface area contributed by atoms with Gasteiger partial charge < -0.3 is 10.6 Å². The molecule has 148 valence electrons. The van der Waals surface area contributed by atoms with Gasteiger partial charge in [0.05, 0.1) is 21.8 Å². The van der Waals surface area contributed by atoms with Crippen LogP contribution >= 0.6 is 11.6 Å². The molecule has 2 aromatic carbocycles. The molecule has 8 heteroatoms. The number of para-hydroxylation sites is 1. The van der Waals surface area contributed by atoms with Crippen LogP contribution in [0.5, 0.6) is 0 Å². The van der Waals surface area contributed by atoms with E-state index in [4.69, 9.17) is 11.6 Å². The molecule has 0 aliphatic heterocycles. The number of aromatic nitrogens is 1. The number of fused-ring (bicyclic) bond motifs is 1. The van der Waals surface area contributed by atoms with Crippen LogP contribution in [0.25, 0.3) is 10.9 Å². The van der Waals surface area contributed by atoms with E-state index >= 15 is 0 Å². The molecule has 0 atom stereocenters. The summed E-state index contributed by atoms with van der Waals surface area (Å²) in [6, 6.07) is 14.8. The second-order valence-corrected chi connectivity index (χ2v) is 9.02. The molecule has 0 aliphatic carbocycles. The molecule has 0 saturated carbocycles. The van der Waals surface area contributed by atoms with E-state index in [1.807, 2.05) is 37.3 Å². The van der Waals surface area contributed by atoms with E-state index in [9.17, 15) is 8.42 Å². The number of nitrogens with zero attached hydrogens (tertiary/aromatic N) is 2. The van der Waals surface area contributed by atoms with E-state index in [0.717, 1.165) is 22.2 Å². The predicted octanol–water partition coefficient (Wildman–Crippen LogP) is 4.18. The van der Waals surface area contributed by atoms with Crippen molar-refractivity contribution in [3.05, 3.63) is 59.2 Å². The van der Waals surface area contributed by atoms with Crippen molar-refractivity contribution in [2.24, 2.45) is 0 Å². The van der Waals surface area contributed by atoms with E-state index in [1.165, 1.54) is 18.4 Å². The highest BCUT2D eigenvalue weighted by atomic mass is 35.5. The monoisotopic (exact) mass is 418 g/mol. The molecule has 1 heterocycles. The summed E-state index contributed by atoms with van der Waals surface area (Å²) in [5.74, 6) is 0. The molecule has 0 spiro atoms. The number of rotatable bonds is 7. The van der Waals surface area contributed by atoms with E-state index < -0.39 is 10.0 Å². The normalized spacial score (nSPS) is 11.8. The van der Waals surface area contributed by atoms with Gasteiger partial charge in [-0.2, -0.15) is 0 Å². The topological polar surface area (TPSA) is 74.3 Å². The Hall–Kier alpha value is -2.35. The molecule has 0 radical (unpaired) electrons. The summed E-state index contributed by atoms with van der Waals surface area (Å²) in [6.45, 7) is 3.12. The average molecular weight is 419 g/mol. The molecule has 28 heavy (non-hydrogen) atoms. The van der Waals surface area contributed by atoms with Crippen LogP contribution in [0.4, 0.5) is 11.4 Å². The number of sulfonamides is 1. The first-order valence-corrected chi connectivity index (χ1v) is 10.7. The van der Waals surface area contributed by atoms with Crippen LogP contribution in [0, 0.1) is 0 Å². The Morgan fingerprint density at radius 1 is 1.04 bits per heavy atom. The van der Waals surface area contributed by atoms with Crippen LogP contribution in [0.1, 0.15) is 12.5 Å². The maximum absolute atomic E-state index is 12.5. The van der Waals surface area contributed by atoms with Gasteiger partial charge in [-0.1, -0.05) is 29.8 Å². The highest BCUT2D eigenvalue weighted by Gasteiger charge is 2.19. The third-order valence-electron chi connectivity index (χ3n) is 4.36. The lowest BCUT2D eigenvalue weighted by molar-refractivity contribution is 0.521. The fourth-order valence-corrected chi connectivity index (χ4v) is 3.98. The van der Waals surface area contributed by atoms with Crippen LogP contribution in [0.15, 0.2) is 53.4 Å². The van der Waals surface area contributed by atoms with Gasteiger partial charge in [-0.05, 0) is 37.3 Å². The number of hydrogen-bond acceptors (Lipinski definition) is 5. The van der Waals surface area contributed by atoms with Gasteiger partial charge in [-0.25, -0.2) is 17.7 Å². The quantitative estimate of drug-likeness (QED) is 0.563. The largest absolute Gasteiger partial charge is 0.384 e. The van der Waals surface area contributed by atoms with Gasteiger partial charge in [0.25, 0.3) is 0 Å². The zero-order valence-corrected chi connectivity index (χ0v) is 17.6. The molecular weight excluding hydrogens is 396 g/mol. The third-order valence-corrected chi connectivity index (χ3v) is 6.49. The minimum Gasteiger partial charge on any atom is -0.384 e. The summed E-state index contributed by atoms with van der Waals surface area (Å²) in [7, 11) is -0.494. The van der Waals surface area contributed by atoms with Gasteiger partial charge in [-0.3, -0.25) is 0 Å². The van der Waals surface area contributed by atoms with Gasteiger partial charge in [0.1, 0.15) is 5.15 Å². The summed E-state index contributed by atoms with van der Waals surface area (Å²) >= 11 is 6.35. The summed E-state index contributed by atoms with van der Waals surface area (Å²) in [5.41, 5.74) is 3.19. The van der Waals surface area contributed by atoms with Crippen LogP contribution in [0.3, 0.4) is 0 Å². The van der Waals surface area contributed by atoms with Crippen molar-refractivity contribution in [2.75, 3.05) is 31.3 Å². The first kappa shape index (κ1) is 20.4. The lowest BCUT2D eigenvalue weighted by Gasteiger charge is -2.17. The van der Waals surface area contributed by atoms with Crippen LogP contribution in [0.2, 0.25) is 5.15 Å². The van der Waals surface area contributed by atoms with Crippen LogP contribution in [-0.4, -0.2) is 38.3 Å². The standard InChI is InChI=1S/C20H23ClN4O2S/c1-4-22-18-10-9-16(28(26,27)25(2)3)12-19(18)23-13-15-11-14-7-5-6-8-17(14)24-20(15)21/h5-12,22-23H,4,13H2,1-3H3. The van der Waals surface area contributed by atoms with Crippen molar-refractivity contribution in [3.8, 4) is 0 Å². The van der Waals surface area contributed by atoms with Crippen molar-refractivity contribution >= 4 is 43.9 Å². The fourth-order valence-electron chi connectivity index (χ4n) is 2.84. The Balaban J connectivity index is 1.93. The summed E-state index contributed by atoms with van der Waals surface area (Å²) < 4.78 is 26.1. The molecule has 0 bridgehead atoms. The molecule has 2 N–H and O–H groups in total. The first-order valence-electron chi connectivity index (χ1n) is 8.91. The first-order chi connectivity index (χ1) is 13.3. The number of pyridine rings is 1. The summed E-state index contributed by atoms with van der Waals surface area (Å²) in [6.07, 6.45) is 0. The second kappa shape index (κ2) is 8.34. The lowest BCUT2D eigenvalue weighted by Crippen LogP contribution is -2.22. The van der Waals surface area contributed by atoms with Gasteiger partial charge in [-0.15, -0.1) is 0 Å². The highest BCUT2D eigenvalue weighted by molar-refractivity contribution is 7.89. The number of hydrogen-bond donors (Lipinski definition) is 2. The molecule has 3 rings (SSSR count). The van der Waals surface area contributed by atoms with Crippen molar-refractivity contribution < 1.29 is 8.42 Å². The fraction of sp³-hybridized carbons (Fsp3) is 0.250. The third kappa shape index (κ3) is 4.22. The van der Waals surface area contributed by atoms with Crippen molar-refractivity contribution in [1.29, 1.82) is 0 Å². The molecule has 3 aromatic rings. The zero-order chi connectivity index (χ0) is 20.3. The van der Waals surface area contributed by atoms with Gasteiger partial charge >= 0.3 is 0 Å². The molecule has 0 amide bonds. The molecule has 6 nitrogen and oxygen atoms in total. The van der Waals surface area contributed by atoms with E-state index in [1.54, 1.807) is 18.2 Å². The molecule has 0 fully saturated rings. The summed E-state index contributed by atoms with van der Waals surface area (Å²) in [5, 5.41) is 7.97. The molecule has 0 aliphatic rings. The lowest BCUT2D eigenvalue weighted by atomic mass is 10.1. The molecular formula is C20H23ClN4O2S. The van der Waals surface area contributed by atoms with E-state index in [-0.39, 0.29) is 4.90 Å². The Morgan fingerprint density at radius 3 is 2.50 bits per heavy atom. The Labute approximate surface area is 170 Å². The van der Waals surface area contributed by atoms with Crippen molar-refractivity contribution in [2.45, 2.75) is 18.4 Å². The second-order valence-electron chi connectivity index (χ2n) is 6.51. The molecule has 1 aromatic heterocycles. The van der Waals surface area contributed by atoms with E-state index in [0.29, 0.717) is 23.9 Å². The minimum atomic E-state index is -3.52.